The van der Waals surface area contributed by atoms with Crippen molar-refractivity contribution < 1.29 is 9.90 Å². The maximum Gasteiger partial charge on any atom is 0.323 e. The Bertz CT molecular complexity index is 846. The number of carboxylic acid groups (broad SMARTS) is 1. The van der Waals surface area contributed by atoms with Gasteiger partial charge in [0.15, 0.2) is 0 Å². The minimum atomic E-state index is -0.885. The Morgan fingerprint density at radius 3 is 2.73 bits per heavy atom. The van der Waals surface area contributed by atoms with Crippen molar-refractivity contribution in [2.45, 2.75) is 23.3 Å². The molecule has 0 bridgehead atoms. The number of pyridine rings is 1. The maximum atomic E-state index is 11.1. The first kappa shape index (κ1) is 14.9. The number of halogens is 1. The number of hydrogen-bond acceptors (Lipinski definition) is 3. The van der Waals surface area contributed by atoms with Crippen molar-refractivity contribution >= 4 is 40.2 Å². The van der Waals surface area contributed by atoms with Gasteiger partial charge in [0.25, 0.3) is 0 Å². The largest absolute Gasteiger partial charge is 0.480 e. The van der Waals surface area contributed by atoms with Gasteiger partial charge in [-0.25, -0.2) is 4.98 Å². The summed E-state index contributed by atoms with van der Waals surface area (Å²) in [6.07, 6.45) is 1.60. The summed E-state index contributed by atoms with van der Waals surface area (Å²) in [6.45, 7) is 1.81. The lowest BCUT2D eigenvalue weighted by molar-refractivity contribution is -0.137. The van der Waals surface area contributed by atoms with Crippen LogP contribution in [0, 0.1) is 6.92 Å². The second kappa shape index (κ2) is 6.02. The van der Waals surface area contributed by atoms with Gasteiger partial charge in [-0.05, 0) is 25.1 Å². The number of aliphatic carboxylic acids is 1. The van der Waals surface area contributed by atoms with E-state index in [-0.39, 0.29) is 6.54 Å². The molecule has 6 heteroatoms. The summed E-state index contributed by atoms with van der Waals surface area (Å²) < 4.78 is 1.76. The second-order valence-electron chi connectivity index (χ2n) is 4.81. The molecule has 0 atom stereocenters. The van der Waals surface area contributed by atoms with Crippen molar-refractivity contribution in [1.29, 1.82) is 0 Å². The average Bonchev–Trinajstić information content (AvgIpc) is 2.75. The number of benzene rings is 1. The molecule has 1 N–H and O–H groups in total. The highest BCUT2D eigenvalue weighted by Crippen LogP contribution is 2.40. The second-order valence-corrected chi connectivity index (χ2v) is 6.25. The van der Waals surface area contributed by atoms with Gasteiger partial charge in [-0.3, -0.25) is 4.79 Å². The lowest BCUT2D eigenvalue weighted by Crippen LogP contribution is -2.09. The summed E-state index contributed by atoms with van der Waals surface area (Å²) in [5.41, 5.74) is 1.67. The predicted molar refractivity (Wildman–Crippen MR) is 87.7 cm³/mol. The predicted octanol–water partition coefficient (Wildman–Crippen LogP) is 4.23. The van der Waals surface area contributed by atoms with Crippen molar-refractivity contribution in [2.75, 3.05) is 0 Å². The van der Waals surface area contributed by atoms with Gasteiger partial charge < -0.3 is 9.67 Å². The Balaban J connectivity index is 2.20. The molecule has 0 aliphatic rings. The minimum Gasteiger partial charge on any atom is -0.480 e. The molecule has 0 unspecified atom stereocenters. The van der Waals surface area contributed by atoms with Gasteiger partial charge in [0.05, 0.1) is 10.9 Å². The Hall–Kier alpha value is -1.98. The molecule has 3 aromatic rings. The summed E-state index contributed by atoms with van der Waals surface area (Å²) in [7, 11) is 0. The van der Waals surface area contributed by atoms with E-state index >= 15 is 0 Å². The van der Waals surface area contributed by atoms with Gasteiger partial charge >= 0.3 is 5.97 Å². The molecule has 1 aromatic carbocycles. The van der Waals surface area contributed by atoms with Crippen LogP contribution in [0.25, 0.3) is 10.9 Å². The van der Waals surface area contributed by atoms with E-state index in [0.29, 0.717) is 5.15 Å². The molecule has 2 aromatic heterocycles. The van der Waals surface area contributed by atoms with Gasteiger partial charge in [0.1, 0.15) is 11.7 Å². The first-order valence-electron chi connectivity index (χ1n) is 6.66. The van der Waals surface area contributed by atoms with E-state index in [4.69, 9.17) is 16.7 Å². The van der Waals surface area contributed by atoms with E-state index in [2.05, 4.69) is 4.98 Å². The highest BCUT2D eigenvalue weighted by Gasteiger charge is 2.19. The summed E-state index contributed by atoms with van der Waals surface area (Å²) in [6, 6.07) is 11.7. The number of rotatable bonds is 4. The molecule has 2 heterocycles. The standard InChI is InChI=1S/C16H13ClN2O2S/c1-10-15(22-11-5-3-2-4-6-11)14-12(7-8-18-16(14)17)19(10)9-13(20)21/h2-8H,9H2,1H3,(H,20,21). The number of aromatic nitrogens is 2. The van der Waals surface area contributed by atoms with Gasteiger partial charge in [-0.2, -0.15) is 0 Å². The summed E-state index contributed by atoms with van der Waals surface area (Å²) in [5.74, 6) is -0.885. The zero-order valence-electron chi connectivity index (χ0n) is 11.8. The van der Waals surface area contributed by atoms with Gasteiger partial charge in [-0.1, -0.05) is 41.6 Å². The molecule has 0 aliphatic heterocycles. The summed E-state index contributed by atoms with van der Waals surface area (Å²) >= 11 is 7.83. The Morgan fingerprint density at radius 1 is 1.32 bits per heavy atom. The third-order valence-electron chi connectivity index (χ3n) is 3.39. The molecule has 112 valence electrons. The normalized spacial score (nSPS) is 11.0. The molecule has 0 saturated carbocycles. The zero-order chi connectivity index (χ0) is 15.7. The monoisotopic (exact) mass is 332 g/mol. The number of nitrogens with zero attached hydrogens (tertiary/aromatic N) is 2. The lowest BCUT2D eigenvalue weighted by Gasteiger charge is -2.05. The summed E-state index contributed by atoms with van der Waals surface area (Å²) in [5, 5.41) is 10.3. The van der Waals surface area contributed by atoms with E-state index in [1.165, 1.54) is 0 Å². The highest BCUT2D eigenvalue weighted by atomic mass is 35.5. The van der Waals surface area contributed by atoms with Gasteiger partial charge in [0, 0.05) is 21.7 Å². The van der Waals surface area contributed by atoms with Crippen LogP contribution in [-0.4, -0.2) is 20.6 Å². The number of fused-ring (bicyclic) bond motifs is 1. The van der Waals surface area contributed by atoms with Crippen molar-refractivity contribution in [1.82, 2.24) is 9.55 Å². The Labute approximate surface area is 136 Å². The van der Waals surface area contributed by atoms with Crippen LogP contribution in [0.15, 0.2) is 52.4 Å². The fourth-order valence-electron chi connectivity index (χ4n) is 2.42. The molecular weight excluding hydrogens is 320 g/mol. The van der Waals surface area contributed by atoms with E-state index in [1.54, 1.807) is 28.6 Å². The number of carboxylic acids is 1. The van der Waals surface area contributed by atoms with Crippen LogP contribution in [0.2, 0.25) is 5.15 Å². The molecule has 0 radical (unpaired) electrons. The Morgan fingerprint density at radius 2 is 2.05 bits per heavy atom. The topological polar surface area (TPSA) is 55.1 Å². The minimum absolute atomic E-state index is 0.0992. The van der Waals surface area contributed by atoms with Crippen LogP contribution in [0.5, 0.6) is 0 Å². The fourth-order valence-corrected chi connectivity index (χ4v) is 3.81. The third kappa shape index (κ3) is 2.69. The molecule has 0 amide bonds. The molecule has 3 rings (SSSR count). The van der Waals surface area contributed by atoms with Crippen molar-refractivity contribution in [3.05, 3.63) is 53.4 Å². The zero-order valence-corrected chi connectivity index (χ0v) is 13.4. The van der Waals surface area contributed by atoms with Gasteiger partial charge in [0.2, 0.25) is 0 Å². The first-order chi connectivity index (χ1) is 10.6. The van der Waals surface area contributed by atoms with Crippen molar-refractivity contribution in [3.63, 3.8) is 0 Å². The van der Waals surface area contributed by atoms with Crippen LogP contribution >= 0.6 is 23.4 Å². The maximum absolute atomic E-state index is 11.1. The van der Waals surface area contributed by atoms with Crippen LogP contribution in [0.1, 0.15) is 5.69 Å². The first-order valence-corrected chi connectivity index (χ1v) is 7.85. The third-order valence-corrected chi connectivity index (χ3v) is 4.89. The lowest BCUT2D eigenvalue weighted by atomic mass is 10.3. The molecule has 0 aliphatic carbocycles. The molecule has 0 fully saturated rings. The average molecular weight is 333 g/mol. The number of hydrogen-bond donors (Lipinski definition) is 1. The smallest absolute Gasteiger partial charge is 0.323 e. The van der Waals surface area contributed by atoms with E-state index in [9.17, 15) is 4.79 Å². The molecule has 4 nitrogen and oxygen atoms in total. The van der Waals surface area contributed by atoms with E-state index in [0.717, 1.165) is 26.4 Å². The van der Waals surface area contributed by atoms with Crippen molar-refractivity contribution in [3.8, 4) is 0 Å². The van der Waals surface area contributed by atoms with E-state index < -0.39 is 5.97 Å². The van der Waals surface area contributed by atoms with Crippen LogP contribution in [0.3, 0.4) is 0 Å². The fraction of sp³-hybridized carbons (Fsp3) is 0.125. The van der Waals surface area contributed by atoms with Crippen LogP contribution < -0.4 is 0 Å². The number of carbonyl (C=O) groups is 1. The van der Waals surface area contributed by atoms with Gasteiger partial charge in [-0.15, -0.1) is 0 Å². The molecule has 0 saturated heterocycles. The highest BCUT2D eigenvalue weighted by molar-refractivity contribution is 7.99. The Kier molecular flexibility index (Phi) is 4.09. The molecular formula is C16H13ClN2O2S. The SMILES string of the molecule is Cc1c(Sc2ccccc2)c2c(Cl)nccc2n1CC(=O)O. The van der Waals surface area contributed by atoms with Crippen LogP contribution in [0.4, 0.5) is 0 Å². The van der Waals surface area contributed by atoms with E-state index in [1.807, 2.05) is 37.3 Å². The molecule has 22 heavy (non-hydrogen) atoms. The van der Waals surface area contributed by atoms with Crippen molar-refractivity contribution in [2.24, 2.45) is 0 Å². The molecule has 0 spiro atoms. The van der Waals surface area contributed by atoms with Crippen LogP contribution in [-0.2, 0) is 11.3 Å². The summed E-state index contributed by atoms with van der Waals surface area (Å²) in [4.78, 5) is 17.3. The quantitative estimate of drug-likeness (QED) is 0.726.